The monoisotopic (exact) mass is 571 g/mol. The zero-order chi connectivity index (χ0) is 27.8. The smallest absolute Gasteiger partial charge is 0.417 e. The number of amides is 1. The number of piperazine rings is 1. The predicted octanol–water partition coefficient (Wildman–Crippen LogP) is 4.44. The van der Waals surface area contributed by atoms with Crippen molar-refractivity contribution >= 4 is 46.2 Å². The maximum absolute atomic E-state index is 14.1. The van der Waals surface area contributed by atoms with Crippen LogP contribution in [0.25, 0.3) is 10.9 Å². The molecule has 3 atom stereocenters. The van der Waals surface area contributed by atoms with Gasteiger partial charge in [0.2, 0.25) is 0 Å². The molecule has 4 rings (SSSR count). The maximum atomic E-state index is 14.1. The lowest BCUT2D eigenvalue weighted by atomic mass is 10.0. The molecule has 0 radical (unpaired) electrons. The molecule has 3 N–H and O–H groups in total. The average molecular weight is 572 g/mol. The fourth-order valence-corrected chi connectivity index (χ4v) is 6.38. The number of benzene rings is 1. The molecule has 1 saturated heterocycles. The summed E-state index contributed by atoms with van der Waals surface area (Å²) < 4.78 is 42.3. The van der Waals surface area contributed by atoms with E-state index in [0.29, 0.717) is 0 Å². The van der Waals surface area contributed by atoms with Crippen molar-refractivity contribution in [2.45, 2.75) is 42.9 Å². The van der Waals surface area contributed by atoms with E-state index in [-0.39, 0.29) is 47.1 Å². The first-order valence-corrected chi connectivity index (χ1v) is 13.0. The van der Waals surface area contributed by atoms with Crippen LogP contribution in [-0.4, -0.2) is 73.7 Å². The van der Waals surface area contributed by atoms with Crippen LogP contribution >= 0.6 is 23.4 Å². The molecule has 3 heterocycles. The van der Waals surface area contributed by atoms with Crippen molar-refractivity contribution in [2.24, 2.45) is 0 Å². The second kappa shape index (κ2) is 11.0. The number of aromatic amines is 1. The Balaban J connectivity index is 1.83. The Hall–Kier alpha value is -3.03. The normalized spacial score (nSPS) is 19.1. The van der Waals surface area contributed by atoms with E-state index in [1.54, 1.807) is 43.3 Å². The summed E-state index contributed by atoms with van der Waals surface area (Å²) >= 11 is 7.28. The molecule has 1 fully saturated rings. The van der Waals surface area contributed by atoms with Crippen molar-refractivity contribution in [1.82, 2.24) is 19.9 Å². The highest BCUT2D eigenvalue weighted by Gasteiger charge is 2.38. The Kier molecular flexibility index (Phi) is 8.09. The van der Waals surface area contributed by atoms with E-state index in [4.69, 9.17) is 11.6 Å². The Morgan fingerprint density at radius 2 is 1.89 bits per heavy atom. The minimum absolute atomic E-state index is 0.00927. The summed E-state index contributed by atoms with van der Waals surface area (Å²) in [7, 11) is 0. The van der Waals surface area contributed by atoms with Crippen molar-refractivity contribution in [3.63, 3.8) is 0 Å². The molecule has 0 saturated carbocycles. The van der Waals surface area contributed by atoms with E-state index < -0.39 is 46.5 Å². The predicted molar refractivity (Wildman–Crippen MR) is 138 cm³/mol. The summed E-state index contributed by atoms with van der Waals surface area (Å²) in [5.74, 6) is -0.242. The lowest BCUT2D eigenvalue weighted by molar-refractivity contribution is -0.137. The summed E-state index contributed by atoms with van der Waals surface area (Å²) in [4.78, 5) is 37.7. The number of hydrogen-bond donors (Lipinski definition) is 3. The second-order valence-corrected chi connectivity index (χ2v) is 10.5. The van der Waals surface area contributed by atoms with E-state index in [2.05, 4.69) is 15.0 Å². The number of thioether (sulfide) groups is 1. The van der Waals surface area contributed by atoms with Crippen LogP contribution in [0.2, 0.25) is 5.02 Å². The lowest BCUT2D eigenvalue weighted by Gasteiger charge is -2.43. The molecule has 2 aromatic heterocycles. The Morgan fingerprint density at radius 1 is 1.26 bits per heavy atom. The minimum Gasteiger partial charge on any atom is -0.465 e. The fraction of sp³-hybridized carbons (Fsp3) is 0.417. The van der Waals surface area contributed by atoms with Gasteiger partial charge in [0, 0.05) is 42.5 Å². The zero-order valence-corrected chi connectivity index (χ0v) is 21.9. The van der Waals surface area contributed by atoms with E-state index in [1.807, 2.05) is 0 Å². The second-order valence-electron chi connectivity index (χ2n) is 9.12. The van der Waals surface area contributed by atoms with Gasteiger partial charge in [0.05, 0.1) is 39.7 Å². The standard InChI is InChI=1S/C24H25ClF3N5O4S/c1-12-8-32(9-13(2)33(12)23(36)37)21-16-7-17(24(26,27)28)18(25)20(19(16)30-22(35)31-21)38-11-15(10-34)14-3-5-29-6-4-14/h3-7,12-13,15,34H,8-11H2,1-2H3,(H,36,37)(H,30,31,35). The fourth-order valence-electron chi connectivity index (χ4n) is 4.76. The number of hydrogen-bond acceptors (Lipinski definition) is 7. The number of carbonyl (C=O) groups is 1. The summed E-state index contributed by atoms with van der Waals surface area (Å²) in [5, 5.41) is 18.9. The summed E-state index contributed by atoms with van der Waals surface area (Å²) in [6.07, 6.45) is -2.79. The molecule has 9 nitrogen and oxygen atoms in total. The van der Waals surface area contributed by atoms with E-state index in [1.165, 1.54) is 4.90 Å². The van der Waals surface area contributed by atoms with Crippen molar-refractivity contribution in [3.8, 4) is 0 Å². The third-order valence-corrected chi connectivity index (χ3v) is 8.24. The van der Waals surface area contributed by atoms with Crippen LogP contribution in [0.3, 0.4) is 0 Å². The third-order valence-electron chi connectivity index (χ3n) is 6.47. The van der Waals surface area contributed by atoms with Gasteiger partial charge in [0.25, 0.3) is 0 Å². The number of aliphatic hydroxyl groups is 1. The Morgan fingerprint density at radius 3 is 2.45 bits per heavy atom. The first-order valence-electron chi connectivity index (χ1n) is 11.7. The van der Waals surface area contributed by atoms with Gasteiger partial charge in [-0.05, 0) is 37.6 Å². The molecule has 204 valence electrons. The molecule has 1 amide bonds. The molecular weight excluding hydrogens is 547 g/mol. The molecule has 3 aromatic rings. The number of fused-ring (bicyclic) bond motifs is 1. The van der Waals surface area contributed by atoms with Crippen LogP contribution in [0.4, 0.5) is 23.8 Å². The number of anilines is 1. The number of H-pyrrole nitrogens is 1. The topological polar surface area (TPSA) is 123 Å². The number of nitrogens with one attached hydrogen (secondary N) is 1. The van der Waals surface area contributed by atoms with Crippen LogP contribution < -0.4 is 10.6 Å². The van der Waals surface area contributed by atoms with Crippen LogP contribution in [0.5, 0.6) is 0 Å². The highest BCUT2D eigenvalue weighted by Crippen LogP contribution is 2.45. The molecule has 14 heteroatoms. The van der Waals surface area contributed by atoms with Crippen molar-refractivity contribution < 1.29 is 28.2 Å². The number of pyridine rings is 1. The van der Waals surface area contributed by atoms with Crippen molar-refractivity contribution in [2.75, 3.05) is 30.3 Å². The molecule has 0 aliphatic carbocycles. The zero-order valence-electron chi connectivity index (χ0n) is 20.4. The van der Waals surface area contributed by atoms with E-state index >= 15 is 0 Å². The van der Waals surface area contributed by atoms with Gasteiger partial charge in [-0.1, -0.05) is 11.6 Å². The van der Waals surface area contributed by atoms with Crippen molar-refractivity contribution in [1.29, 1.82) is 0 Å². The Labute approximate surface area is 224 Å². The third kappa shape index (κ3) is 5.54. The van der Waals surface area contributed by atoms with Gasteiger partial charge in [0.1, 0.15) is 5.82 Å². The van der Waals surface area contributed by atoms with Gasteiger partial charge in [-0.2, -0.15) is 18.2 Å². The van der Waals surface area contributed by atoms with Gasteiger partial charge in [-0.25, -0.2) is 9.59 Å². The number of aromatic nitrogens is 3. The SMILES string of the molecule is CC1CN(c2nc(=O)[nH]c3c(SCC(CO)c4ccncc4)c(Cl)c(C(F)(F)F)cc23)CC(C)N1C(=O)O. The van der Waals surface area contributed by atoms with Gasteiger partial charge >= 0.3 is 18.0 Å². The van der Waals surface area contributed by atoms with Gasteiger partial charge in [-0.15, -0.1) is 11.8 Å². The molecule has 1 aliphatic rings. The molecule has 1 aromatic carbocycles. The average Bonchev–Trinajstić information content (AvgIpc) is 2.84. The molecule has 3 unspecified atom stereocenters. The Bertz CT molecular complexity index is 1380. The number of rotatable bonds is 6. The first-order chi connectivity index (χ1) is 17.9. The molecule has 0 bridgehead atoms. The van der Waals surface area contributed by atoms with Crippen LogP contribution in [0, 0.1) is 0 Å². The van der Waals surface area contributed by atoms with Gasteiger partial charge < -0.3 is 20.1 Å². The number of carboxylic acid groups (broad SMARTS) is 1. The number of halogens is 4. The highest BCUT2D eigenvalue weighted by molar-refractivity contribution is 7.99. The molecule has 0 spiro atoms. The van der Waals surface area contributed by atoms with Crippen LogP contribution in [0.15, 0.2) is 40.3 Å². The molecular formula is C24H25ClF3N5O4S. The van der Waals surface area contributed by atoms with Crippen LogP contribution in [0.1, 0.15) is 30.9 Å². The summed E-state index contributed by atoms with van der Waals surface area (Å²) in [5.41, 5.74) is -1.02. The van der Waals surface area contributed by atoms with Crippen LogP contribution in [-0.2, 0) is 6.18 Å². The number of aliphatic hydroxyl groups excluding tert-OH is 1. The number of alkyl halides is 3. The van der Waals surface area contributed by atoms with Gasteiger partial charge in [0.15, 0.2) is 0 Å². The first kappa shape index (κ1) is 28.0. The minimum atomic E-state index is -4.79. The quantitative estimate of drug-likeness (QED) is 0.371. The van der Waals surface area contributed by atoms with E-state index in [0.717, 1.165) is 23.4 Å². The molecule has 1 aliphatic heterocycles. The summed E-state index contributed by atoms with van der Waals surface area (Å²) in [6.45, 7) is 3.35. The lowest BCUT2D eigenvalue weighted by Crippen LogP contribution is -2.58. The highest BCUT2D eigenvalue weighted by atomic mass is 35.5. The van der Waals surface area contributed by atoms with Gasteiger partial charge in [-0.3, -0.25) is 9.88 Å². The number of nitrogens with zero attached hydrogens (tertiary/aromatic N) is 4. The summed E-state index contributed by atoms with van der Waals surface area (Å²) in [6, 6.07) is 3.28. The largest absolute Gasteiger partial charge is 0.465 e. The van der Waals surface area contributed by atoms with Crippen molar-refractivity contribution in [3.05, 3.63) is 57.2 Å². The van der Waals surface area contributed by atoms with E-state index in [9.17, 15) is 33.0 Å². The maximum Gasteiger partial charge on any atom is 0.417 e. The molecule has 38 heavy (non-hydrogen) atoms.